The van der Waals surface area contributed by atoms with Crippen LogP contribution in [0.4, 0.5) is 19.0 Å². The van der Waals surface area contributed by atoms with Crippen molar-refractivity contribution in [1.29, 1.82) is 0 Å². The highest BCUT2D eigenvalue weighted by atomic mass is 35.5. The van der Waals surface area contributed by atoms with Gasteiger partial charge in [0.15, 0.2) is 0 Å². The molecule has 2 aliphatic rings. The second-order valence-electron chi connectivity index (χ2n) is 6.73. The molecule has 0 aromatic carbocycles. The minimum absolute atomic E-state index is 0.0860. The first-order valence-corrected chi connectivity index (χ1v) is 10.7. The molecule has 27 heavy (non-hydrogen) atoms. The van der Waals surface area contributed by atoms with Crippen LogP contribution >= 0.6 is 11.6 Å². The van der Waals surface area contributed by atoms with Gasteiger partial charge in [-0.25, -0.2) is 4.98 Å². The summed E-state index contributed by atoms with van der Waals surface area (Å²) in [4.78, 5) is 5.63. The molecule has 0 saturated carbocycles. The van der Waals surface area contributed by atoms with Crippen LogP contribution in [0.2, 0.25) is 5.02 Å². The van der Waals surface area contributed by atoms with E-state index in [1.165, 1.54) is 8.61 Å². The van der Waals surface area contributed by atoms with Gasteiger partial charge in [0.05, 0.1) is 10.6 Å². The number of anilines is 1. The maximum absolute atomic E-state index is 12.8. The summed E-state index contributed by atoms with van der Waals surface area (Å²) in [5.74, 6) is 0.252. The van der Waals surface area contributed by atoms with Crippen LogP contribution in [0.15, 0.2) is 12.3 Å². The van der Waals surface area contributed by atoms with E-state index in [9.17, 15) is 21.6 Å². The van der Waals surface area contributed by atoms with Crippen molar-refractivity contribution < 1.29 is 21.6 Å². The summed E-state index contributed by atoms with van der Waals surface area (Å²) >= 11 is 6.03. The molecule has 0 bridgehead atoms. The SMILES string of the molecule is O=S(=O)(N1CCCCC1)N1CCCN(c2ncc(C(F)(F)F)cc2Cl)CC1. The maximum atomic E-state index is 12.8. The summed E-state index contributed by atoms with van der Waals surface area (Å²) in [5.41, 5.74) is -0.902. The fourth-order valence-corrected chi connectivity index (χ4v) is 5.42. The Hall–Kier alpha value is -1.10. The lowest BCUT2D eigenvalue weighted by atomic mass is 10.2. The molecule has 2 saturated heterocycles. The molecule has 0 atom stereocenters. The van der Waals surface area contributed by atoms with Crippen molar-refractivity contribution >= 4 is 27.6 Å². The van der Waals surface area contributed by atoms with E-state index in [0.29, 0.717) is 39.1 Å². The van der Waals surface area contributed by atoms with Crippen molar-refractivity contribution in [2.24, 2.45) is 0 Å². The first-order valence-electron chi connectivity index (χ1n) is 8.92. The molecule has 3 rings (SSSR count). The number of aromatic nitrogens is 1. The molecule has 3 heterocycles. The Balaban J connectivity index is 1.71. The molecule has 6 nitrogen and oxygen atoms in total. The van der Waals surface area contributed by atoms with Crippen molar-refractivity contribution in [2.45, 2.75) is 31.9 Å². The second kappa shape index (κ2) is 8.10. The first-order chi connectivity index (χ1) is 12.7. The Morgan fingerprint density at radius 1 is 0.926 bits per heavy atom. The maximum Gasteiger partial charge on any atom is 0.417 e. The summed E-state index contributed by atoms with van der Waals surface area (Å²) < 4.78 is 67.0. The van der Waals surface area contributed by atoms with E-state index >= 15 is 0 Å². The average Bonchev–Trinajstić information content (AvgIpc) is 2.88. The summed E-state index contributed by atoms with van der Waals surface area (Å²) in [6.07, 6.45) is -0.430. The Morgan fingerprint density at radius 3 is 2.19 bits per heavy atom. The molecule has 0 aliphatic carbocycles. The normalized spacial score (nSPS) is 21.3. The van der Waals surface area contributed by atoms with Crippen LogP contribution in [-0.2, 0) is 16.4 Å². The molecule has 1 aromatic heterocycles. The van der Waals surface area contributed by atoms with Crippen molar-refractivity contribution in [3.8, 4) is 0 Å². The van der Waals surface area contributed by atoms with Gasteiger partial charge in [0.2, 0.25) is 0 Å². The van der Waals surface area contributed by atoms with Gasteiger partial charge in [0.1, 0.15) is 5.82 Å². The van der Waals surface area contributed by atoms with Gasteiger partial charge < -0.3 is 4.90 Å². The zero-order chi connectivity index (χ0) is 19.7. The van der Waals surface area contributed by atoms with Crippen LogP contribution in [0.5, 0.6) is 0 Å². The fraction of sp³-hybridized carbons (Fsp3) is 0.688. The zero-order valence-corrected chi connectivity index (χ0v) is 16.3. The van der Waals surface area contributed by atoms with E-state index < -0.39 is 21.9 Å². The highest BCUT2D eigenvalue weighted by molar-refractivity contribution is 7.86. The molecule has 2 fully saturated rings. The Labute approximate surface area is 162 Å². The number of pyridine rings is 1. The lowest BCUT2D eigenvalue weighted by molar-refractivity contribution is -0.137. The topological polar surface area (TPSA) is 56.8 Å². The number of hydrogen-bond donors (Lipinski definition) is 0. The molecular formula is C16H22ClF3N4O2S. The van der Waals surface area contributed by atoms with Crippen LogP contribution in [0.1, 0.15) is 31.2 Å². The van der Waals surface area contributed by atoms with E-state index in [-0.39, 0.29) is 17.4 Å². The Morgan fingerprint density at radius 2 is 1.56 bits per heavy atom. The van der Waals surface area contributed by atoms with Gasteiger partial charge in [0, 0.05) is 45.5 Å². The van der Waals surface area contributed by atoms with Crippen molar-refractivity contribution in [3.05, 3.63) is 22.8 Å². The second-order valence-corrected chi connectivity index (χ2v) is 9.07. The summed E-state index contributed by atoms with van der Waals surface area (Å²) in [7, 11) is -3.51. The number of hydrogen-bond acceptors (Lipinski definition) is 4. The number of nitrogens with zero attached hydrogens (tertiary/aromatic N) is 4. The van der Waals surface area contributed by atoms with Gasteiger partial charge in [-0.15, -0.1) is 0 Å². The van der Waals surface area contributed by atoms with Crippen LogP contribution in [0.3, 0.4) is 0 Å². The molecule has 152 valence electrons. The van der Waals surface area contributed by atoms with Gasteiger partial charge in [-0.2, -0.15) is 30.2 Å². The number of rotatable bonds is 3. The Bertz CT molecular complexity index is 769. The van der Waals surface area contributed by atoms with E-state index in [4.69, 9.17) is 11.6 Å². The molecule has 0 amide bonds. The molecule has 1 aromatic rings. The standard InChI is InChI=1S/C16H22ClF3N4O2S/c17-14-11-13(16(18,19)20)12-21-15(14)22-5-4-8-24(10-9-22)27(25,26)23-6-2-1-3-7-23/h11-12H,1-10H2. The molecule has 11 heteroatoms. The predicted octanol–water partition coefficient (Wildman–Crippen LogP) is 3.00. The minimum atomic E-state index is -4.51. The fourth-order valence-electron chi connectivity index (χ4n) is 3.41. The molecule has 2 aliphatic heterocycles. The summed E-state index contributed by atoms with van der Waals surface area (Å²) in [6, 6.07) is 0.858. The zero-order valence-electron chi connectivity index (χ0n) is 14.8. The average molecular weight is 427 g/mol. The molecule has 0 spiro atoms. The first kappa shape index (κ1) is 20.6. The minimum Gasteiger partial charge on any atom is -0.354 e. The summed E-state index contributed by atoms with van der Waals surface area (Å²) in [6.45, 7) is 2.49. The van der Waals surface area contributed by atoms with Gasteiger partial charge in [-0.3, -0.25) is 0 Å². The lowest BCUT2D eigenvalue weighted by Crippen LogP contribution is -2.47. The van der Waals surface area contributed by atoms with Crippen LogP contribution in [0.25, 0.3) is 0 Å². The number of alkyl halides is 3. The van der Waals surface area contributed by atoms with Gasteiger partial charge in [0.25, 0.3) is 10.2 Å². The van der Waals surface area contributed by atoms with E-state index in [2.05, 4.69) is 4.98 Å². The third-order valence-corrected chi connectivity index (χ3v) is 7.18. The Kier molecular flexibility index (Phi) is 6.19. The van der Waals surface area contributed by atoms with Gasteiger partial charge in [-0.1, -0.05) is 18.0 Å². The van der Waals surface area contributed by atoms with E-state index in [0.717, 1.165) is 31.5 Å². The number of halogens is 4. The molecule has 0 N–H and O–H groups in total. The molecular weight excluding hydrogens is 405 g/mol. The largest absolute Gasteiger partial charge is 0.417 e. The van der Waals surface area contributed by atoms with Crippen LogP contribution in [-0.4, -0.2) is 61.3 Å². The highest BCUT2D eigenvalue weighted by Crippen LogP contribution is 2.33. The predicted molar refractivity (Wildman–Crippen MR) is 97.0 cm³/mol. The highest BCUT2D eigenvalue weighted by Gasteiger charge is 2.34. The van der Waals surface area contributed by atoms with E-state index in [1.54, 1.807) is 4.90 Å². The van der Waals surface area contributed by atoms with Crippen molar-refractivity contribution in [3.63, 3.8) is 0 Å². The molecule has 0 unspecified atom stereocenters. The van der Waals surface area contributed by atoms with Crippen molar-refractivity contribution in [1.82, 2.24) is 13.6 Å². The monoisotopic (exact) mass is 426 g/mol. The molecule has 0 radical (unpaired) electrons. The van der Waals surface area contributed by atoms with Gasteiger partial charge >= 0.3 is 6.18 Å². The van der Waals surface area contributed by atoms with Crippen molar-refractivity contribution in [2.75, 3.05) is 44.2 Å². The number of piperidine rings is 1. The lowest BCUT2D eigenvalue weighted by Gasteiger charge is -2.31. The quantitative estimate of drug-likeness (QED) is 0.745. The van der Waals surface area contributed by atoms with E-state index in [1.807, 2.05) is 0 Å². The van der Waals surface area contributed by atoms with Crippen LogP contribution in [0, 0.1) is 0 Å². The van der Waals surface area contributed by atoms with Gasteiger partial charge in [-0.05, 0) is 25.3 Å². The van der Waals surface area contributed by atoms with Crippen LogP contribution < -0.4 is 4.90 Å². The third kappa shape index (κ3) is 4.67. The summed E-state index contributed by atoms with van der Waals surface area (Å²) in [5, 5.41) is -0.0860. The smallest absolute Gasteiger partial charge is 0.354 e. The third-order valence-electron chi connectivity index (χ3n) is 4.87.